The van der Waals surface area contributed by atoms with E-state index in [2.05, 4.69) is 20.9 Å². The van der Waals surface area contributed by atoms with Gasteiger partial charge in [-0.3, -0.25) is 4.90 Å². The predicted octanol–water partition coefficient (Wildman–Crippen LogP) is 2.91. The zero-order valence-corrected chi connectivity index (χ0v) is 16.1. The number of halogens is 1. The van der Waals surface area contributed by atoms with Gasteiger partial charge < -0.3 is 14.7 Å². The average Bonchev–Trinajstić information content (AvgIpc) is 2.61. The molecule has 1 N–H and O–H groups in total. The number of piperazine rings is 1. The molecule has 1 aliphatic rings. The molecule has 1 unspecified atom stereocenters. The molecule has 140 valence electrons. The lowest BCUT2D eigenvalue weighted by Gasteiger charge is -2.36. The molecule has 3 rings (SSSR count). The first-order valence-corrected chi connectivity index (χ1v) is 9.35. The first-order valence-electron chi connectivity index (χ1n) is 8.97. The molecule has 0 bridgehead atoms. The van der Waals surface area contributed by atoms with E-state index >= 15 is 0 Å². The van der Waals surface area contributed by atoms with Crippen LogP contribution in [-0.2, 0) is 0 Å². The molecule has 6 heteroatoms. The van der Waals surface area contributed by atoms with Gasteiger partial charge in [-0.15, -0.1) is 0 Å². The second kappa shape index (κ2) is 8.71. The van der Waals surface area contributed by atoms with Crippen molar-refractivity contribution in [2.24, 2.45) is 0 Å². The third kappa shape index (κ3) is 5.34. The Morgan fingerprint density at radius 3 is 2.42 bits per heavy atom. The zero-order chi connectivity index (χ0) is 18.5. The van der Waals surface area contributed by atoms with Crippen LogP contribution in [0.25, 0.3) is 0 Å². The minimum Gasteiger partial charge on any atom is -0.491 e. The normalized spacial score (nSPS) is 16.5. The van der Waals surface area contributed by atoms with E-state index in [4.69, 9.17) is 16.3 Å². The molecule has 0 radical (unpaired) electrons. The molecule has 1 aromatic heterocycles. The van der Waals surface area contributed by atoms with Crippen LogP contribution < -0.4 is 9.64 Å². The maximum atomic E-state index is 10.3. The quantitative estimate of drug-likeness (QED) is 0.841. The average molecular weight is 376 g/mol. The monoisotopic (exact) mass is 375 g/mol. The number of ether oxygens (including phenoxy) is 1. The fourth-order valence-electron chi connectivity index (χ4n) is 3.27. The molecule has 2 aromatic rings. The van der Waals surface area contributed by atoms with Crippen LogP contribution in [0, 0.1) is 13.8 Å². The number of aliphatic hydroxyl groups excluding tert-OH is 1. The molecule has 0 aliphatic carbocycles. The van der Waals surface area contributed by atoms with E-state index < -0.39 is 6.10 Å². The Morgan fingerprint density at radius 2 is 1.81 bits per heavy atom. The molecule has 0 spiro atoms. The van der Waals surface area contributed by atoms with Crippen LogP contribution in [0.1, 0.15) is 11.1 Å². The molecular formula is C20H26ClN3O2. The number of anilines is 1. The molecular weight excluding hydrogens is 350 g/mol. The summed E-state index contributed by atoms with van der Waals surface area (Å²) in [7, 11) is 0. The zero-order valence-electron chi connectivity index (χ0n) is 15.4. The van der Waals surface area contributed by atoms with Crippen molar-refractivity contribution in [2.45, 2.75) is 20.0 Å². The van der Waals surface area contributed by atoms with Gasteiger partial charge in [0.05, 0.1) is 5.02 Å². The minimum absolute atomic E-state index is 0.307. The van der Waals surface area contributed by atoms with Crippen molar-refractivity contribution in [1.29, 1.82) is 0 Å². The Morgan fingerprint density at radius 1 is 1.12 bits per heavy atom. The number of rotatable bonds is 6. The Balaban J connectivity index is 1.43. The number of pyridine rings is 1. The van der Waals surface area contributed by atoms with Crippen molar-refractivity contribution in [3.63, 3.8) is 0 Å². The fraction of sp³-hybridized carbons (Fsp3) is 0.450. The molecule has 0 saturated carbocycles. The van der Waals surface area contributed by atoms with Crippen molar-refractivity contribution in [1.82, 2.24) is 9.88 Å². The van der Waals surface area contributed by atoms with Gasteiger partial charge >= 0.3 is 0 Å². The molecule has 26 heavy (non-hydrogen) atoms. The summed E-state index contributed by atoms with van der Waals surface area (Å²) in [5.41, 5.74) is 2.34. The Hall–Kier alpha value is -1.82. The van der Waals surface area contributed by atoms with Crippen LogP contribution in [0.4, 0.5) is 5.82 Å². The number of aryl methyl sites for hydroxylation is 2. The van der Waals surface area contributed by atoms with Crippen molar-refractivity contribution < 1.29 is 9.84 Å². The highest BCUT2D eigenvalue weighted by Gasteiger charge is 2.20. The maximum absolute atomic E-state index is 10.3. The van der Waals surface area contributed by atoms with Crippen molar-refractivity contribution in [3.8, 4) is 5.75 Å². The highest BCUT2D eigenvalue weighted by atomic mass is 35.5. The number of hydrogen-bond donors (Lipinski definition) is 1. The Kier molecular flexibility index (Phi) is 6.35. The number of nitrogens with zero attached hydrogens (tertiary/aromatic N) is 3. The van der Waals surface area contributed by atoms with E-state index in [1.807, 2.05) is 38.1 Å². The highest BCUT2D eigenvalue weighted by molar-refractivity contribution is 6.30. The van der Waals surface area contributed by atoms with Crippen LogP contribution in [0.5, 0.6) is 5.75 Å². The minimum atomic E-state index is -0.504. The number of β-amino-alcohol motifs (C(OH)–C–C–N with tert-alkyl or cyclic N) is 1. The molecule has 1 atom stereocenters. The molecule has 1 aromatic carbocycles. The van der Waals surface area contributed by atoms with Crippen molar-refractivity contribution >= 4 is 17.4 Å². The molecule has 2 heterocycles. The predicted molar refractivity (Wildman–Crippen MR) is 105 cm³/mol. The van der Waals surface area contributed by atoms with Crippen LogP contribution >= 0.6 is 11.6 Å². The third-order valence-corrected chi connectivity index (χ3v) is 4.74. The van der Waals surface area contributed by atoms with Gasteiger partial charge in [-0.05, 0) is 49.2 Å². The number of benzene rings is 1. The molecule has 0 amide bonds. The molecule has 1 fully saturated rings. The summed E-state index contributed by atoms with van der Waals surface area (Å²) in [4.78, 5) is 8.88. The molecule has 1 saturated heterocycles. The smallest absolute Gasteiger partial charge is 0.128 e. The van der Waals surface area contributed by atoms with Gasteiger partial charge in [-0.2, -0.15) is 0 Å². The van der Waals surface area contributed by atoms with E-state index in [1.54, 1.807) is 6.20 Å². The standard InChI is InChI=1S/C20H26ClN3O2/c1-15-9-16(2)11-19(10-15)26-14-18(25)13-23-5-7-24(8-6-23)20-4-3-17(21)12-22-20/h3-4,9-12,18,25H,5-8,13-14H2,1-2H3. The maximum Gasteiger partial charge on any atom is 0.128 e. The van der Waals surface area contributed by atoms with Crippen LogP contribution in [0.15, 0.2) is 36.5 Å². The van der Waals surface area contributed by atoms with Gasteiger partial charge in [0, 0.05) is 38.9 Å². The molecule has 1 aliphatic heterocycles. The van der Waals surface area contributed by atoms with E-state index in [0.29, 0.717) is 18.2 Å². The summed E-state index contributed by atoms with van der Waals surface area (Å²) in [6.07, 6.45) is 1.17. The first kappa shape index (κ1) is 19.0. The van der Waals surface area contributed by atoms with Gasteiger partial charge in [-0.1, -0.05) is 17.7 Å². The van der Waals surface area contributed by atoms with Crippen molar-refractivity contribution in [3.05, 3.63) is 52.7 Å². The lowest BCUT2D eigenvalue weighted by Crippen LogP contribution is -2.49. The number of hydrogen-bond acceptors (Lipinski definition) is 5. The summed E-state index contributed by atoms with van der Waals surface area (Å²) < 4.78 is 5.76. The SMILES string of the molecule is Cc1cc(C)cc(OCC(O)CN2CCN(c3ccc(Cl)cn3)CC2)c1. The van der Waals surface area contributed by atoms with Gasteiger partial charge in [0.1, 0.15) is 24.3 Å². The Bertz CT molecular complexity index is 695. The summed E-state index contributed by atoms with van der Waals surface area (Å²) >= 11 is 5.89. The lowest BCUT2D eigenvalue weighted by atomic mass is 10.1. The number of aromatic nitrogens is 1. The summed E-state index contributed by atoms with van der Waals surface area (Å²) in [6, 6.07) is 9.92. The van der Waals surface area contributed by atoms with E-state index in [-0.39, 0.29) is 0 Å². The second-order valence-corrected chi connectivity index (χ2v) is 7.35. The Labute approximate surface area is 160 Å². The fourth-order valence-corrected chi connectivity index (χ4v) is 3.39. The number of aliphatic hydroxyl groups is 1. The second-order valence-electron chi connectivity index (χ2n) is 6.91. The highest BCUT2D eigenvalue weighted by Crippen LogP contribution is 2.18. The summed E-state index contributed by atoms with van der Waals surface area (Å²) in [6.45, 7) is 8.58. The van der Waals surface area contributed by atoms with Crippen LogP contribution in [0.3, 0.4) is 0 Å². The topological polar surface area (TPSA) is 48.8 Å². The summed E-state index contributed by atoms with van der Waals surface area (Å²) in [5, 5.41) is 11.0. The van der Waals surface area contributed by atoms with Gasteiger partial charge in [0.25, 0.3) is 0 Å². The van der Waals surface area contributed by atoms with Gasteiger partial charge in [0.2, 0.25) is 0 Å². The third-order valence-electron chi connectivity index (χ3n) is 4.51. The van der Waals surface area contributed by atoms with Gasteiger partial charge in [-0.25, -0.2) is 4.98 Å². The summed E-state index contributed by atoms with van der Waals surface area (Å²) in [5.74, 6) is 1.77. The van der Waals surface area contributed by atoms with E-state index in [1.165, 1.54) is 11.1 Å². The largest absolute Gasteiger partial charge is 0.491 e. The molecule has 5 nitrogen and oxygen atoms in total. The van der Waals surface area contributed by atoms with E-state index in [9.17, 15) is 5.11 Å². The van der Waals surface area contributed by atoms with Crippen molar-refractivity contribution in [2.75, 3.05) is 44.2 Å². The first-order chi connectivity index (χ1) is 12.5. The van der Waals surface area contributed by atoms with E-state index in [0.717, 1.165) is 37.7 Å². The van der Waals surface area contributed by atoms with Crippen LogP contribution in [0.2, 0.25) is 5.02 Å². The van der Waals surface area contributed by atoms with Gasteiger partial charge in [0.15, 0.2) is 0 Å². The lowest BCUT2D eigenvalue weighted by molar-refractivity contribution is 0.0662. The van der Waals surface area contributed by atoms with Crippen LogP contribution in [-0.4, -0.2) is 60.4 Å².